The molecule has 5 nitrogen and oxygen atoms in total. The predicted molar refractivity (Wildman–Crippen MR) is 97.0 cm³/mol. The van der Waals surface area contributed by atoms with Crippen LogP contribution in [0.15, 0.2) is 43.0 Å². The molecule has 0 radical (unpaired) electrons. The third kappa shape index (κ3) is 3.76. The first-order chi connectivity index (χ1) is 12.3. The van der Waals surface area contributed by atoms with Crippen molar-refractivity contribution in [3.05, 3.63) is 54.1 Å². The second-order valence-electron chi connectivity index (χ2n) is 7.19. The van der Waals surface area contributed by atoms with Gasteiger partial charge in [-0.15, -0.1) is 0 Å². The number of piperidine rings is 1. The summed E-state index contributed by atoms with van der Waals surface area (Å²) in [6, 6.07) is 8.52. The standard InChI is InChI=1S/C20H26N4O/c25-20(24-11-7-17-3-1-2-4-19(17)15-24)18-5-9-22(10-6-18)13-14-23-12-8-21-16-23/h1-4,8,12,16,18H,5-7,9-11,13-15H2. The van der Waals surface area contributed by atoms with Crippen molar-refractivity contribution in [1.82, 2.24) is 19.4 Å². The number of benzene rings is 1. The average Bonchev–Trinajstić information content (AvgIpc) is 3.19. The highest BCUT2D eigenvalue weighted by Crippen LogP contribution is 2.24. The van der Waals surface area contributed by atoms with Gasteiger partial charge in [0.15, 0.2) is 0 Å². The van der Waals surface area contributed by atoms with Crippen LogP contribution in [-0.2, 0) is 24.3 Å². The van der Waals surface area contributed by atoms with Gasteiger partial charge in [0.25, 0.3) is 0 Å². The second-order valence-corrected chi connectivity index (χ2v) is 7.19. The zero-order valence-electron chi connectivity index (χ0n) is 14.7. The first kappa shape index (κ1) is 16.3. The number of fused-ring (bicyclic) bond motifs is 1. The molecule has 132 valence electrons. The van der Waals surface area contributed by atoms with Crippen LogP contribution in [0.25, 0.3) is 0 Å². The number of hydrogen-bond acceptors (Lipinski definition) is 3. The maximum atomic E-state index is 12.9. The zero-order chi connectivity index (χ0) is 17.1. The summed E-state index contributed by atoms with van der Waals surface area (Å²) in [6.45, 7) is 5.72. The minimum absolute atomic E-state index is 0.203. The van der Waals surface area contributed by atoms with Gasteiger partial charge < -0.3 is 14.4 Å². The van der Waals surface area contributed by atoms with E-state index in [2.05, 4.69) is 43.6 Å². The van der Waals surface area contributed by atoms with E-state index in [0.717, 1.165) is 58.5 Å². The Morgan fingerprint density at radius 3 is 2.64 bits per heavy atom. The third-order valence-corrected chi connectivity index (χ3v) is 5.61. The summed E-state index contributed by atoms with van der Waals surface area (Å²) in [6.07, 6.45) is 8.66. The minimum atomic E-state index is 0.203. The van der Waals surface area contributed by atoms with Gasteiger partial charge in [-0.25, -0.2) is 4.98 Å². The lowest BCUT2D eigenvalue weighted by atomic mass is 9.93. The number of rotatable bonds is 4. The van der Waals surface area contributed by atoms with Gasteiger partial charge in [-0.2, -0.15) is 0 Å². The number of aromatic nitrogens is 2. The van der Waals surface area contributed by atoms with E-state index in [1.807, 2.05) is 18.7 Å². The fourth-order valence-corrected chi connectivity index (χ4v) is 4.02. The van der Waals surface area contributed by atoms with Gasteiger partial charge in [-0.1, -0.05) is 24.3 Å². The fraction of sp³-hybridized carbons (Fsp3) is 0.500. The molecule has 3 heterocycles. The molecule has 0 saturated carbocycles. The molecule has 0 atom stereocenters. The number of carbonyl (C=O) groups is 1. The lowest BCUT2D eigenvalue weighted by Crippen LogP contribution is -2.44. The van der Waals surface area contributed by atoms with Gasteiger partial charge in [0.05, 0.1) is 6.33 Å². The van der Waals surface area contributed by atoms with Gasteiger partial charge >= 0.3 is 0 Å². The Labute approximate surface area is 149 Å². The van der Waals surface area contributed by atoms with Crippen molar-refractivity contribution >= 4 is 5.91 Å². The highest BCUT2D eigenvalue weighted by Gasteiger charge is 2.30. The van der Waals surface area contributed by atoms with E-state index < -0.39 is 0 Å². The van der Waals surface area contributed by atoms with Crippen molar-refractivity contribution < 1.29 is 4.79 Å². The first-order valence-electron chi connectivity index (χ1n) is 9.33. The third-order valence-electron chi connectivity index (χ3n) is 5.61. The van der Waals surface area contributed by atoms with E-state index >= 15 is 0 Å². The van der Waals surface area contributed by atoms with Gasteiger partial charge in [0.1, 0.15) is 0 Å². The lowest BCUT2D eigenvalue weighted by Gasteiger charge is -2.36. The Morgan fingerprint density at radius 2 is 1.88 bits per heavy atom. The van der Waals surface area contributed by atoms with E-state index in [-0.39, 0.29) is 5.92 Å². The maximum Gasteiger partial charge on any atom is 0.226 e. The number of hydrogen-bond donors (Lipinski definition) is 0. The molecule has 0 bridgehead atoms. The number of nitrogens with zero attached hydrogens (tertiary/aromatic N) is 4. The number of amides is 1. The molecule has 0 unspecified atom stereocenters. The largest absolute Gasteiger partial charge is 0.338 e. The van der Waals surface area contributed by atoms with Crippen molar-refractivity contribution in [2.75, 3.05) is 26.2 Å². The highest BCUT2D eigenvalue weighted by molar-refractivity contribution is 5.79. The van der Waals surface area contributed by atoms with Crippen LogP contribution in [0.1, 0.15) is 24.0 Å². The Morgan fingerprint density at radius 1 is 1.08 bits per heavy atom. The van der Waals surface area contributed by atoms with E-state index in [0.29, 0.717) is 5.91 Å². The van der Waals surface area contributed by atoms with Crippen molar-refractivity contribution in [2.45, 2.75) is 32.4 Å². The molecule has 1 saturated heterocycles. The summed E-state index contributed by atoms with van der Waals surface area (Å²) in [4.78, 5) is 21.5. The summed E-state index contributed by atoms with van der Waals surface area (Å²) in [5, 5.41) is 0. The van der Waals surface area contributed by atoms with E-state index in [9.17, 15) is 4.79 Å². The molecule has 1 aromatic carbocycles. The Hall–Kier alpha value is -2.14. The molecule has 2 aromatic rings. The molecular formula is C20H26N4O. The quantitative estimate of drug-likeness (QED) is 0.858. The lowest BCUT2D eigenvalue weighted by molar-refractivity contribution is -0.138. The topological polar surface area (TPSA) is 41.4 Å². The monoisotopic (exact) mass is 338 g/mol. The normalized spacial score (nSPS) is 19.0. The SMILES string of the molecule is O=C(C1CCN(CCn2ccnc2)CC1)N1CCc2ccccc2C1. The summed E-state index contributed by atoms with van der Waals surface area (Å²) in [5.74, 6) is 0.568. The van der Waals surface area contributed by atoms with Crippen LogP contribution in [0.5, 0.6) is 0 Å². The van der Waals surface area contributed by atoms with Crippen LogP contribution in [0, 0.1) is 5.92 Å². The second kappa shape index (κ2) is 7.40. The van der Waals surface area contributed by atoms with Crippen LogP contribution in [-0.4, -0.2) is 51.4 Å². The first-order valence-corrected chi connectivity index (χ1v) is 9.33. The van der Waals surface area contributed by atoms with Crippen LogP contribution < -0.4 is 0 Å². The van der Waals surface area contributed by atoms with E-state index in [1.165, 1.54) is 11.1 Å². The van der Waals surface area contributed by atoms with E-state index in [1.54, 1.807) is 0 Å². The number of imidazole rings is 1. The molecule has 1 aromatic heterocycles. The average molecular weight is 338 g/mol. The fourth-order valence-electron chi connectivity index (χ4n) is 4.02. The van der Waals surface area contributed by atoms with E-state index in [4.69, 9.17) is 0 Å². The Bertz CT molecular complexity index is 704. The van der Waals surface area contributed by atoms with Crippen molar-refractivity contribution in [3.8, 4) is 0 Å². The molecule has 4 rings (SSSR count). The molecule has 25 heavy (non-hydrogen) atoms. The van der Waals surface area contributed by atoms with Gasteiger partial charge in [0.2, 0.25) is 5.91 Å². The highest BCUT2D eigenvalue weighted by atomic mass is 16.2. The number of likely N-dealkylation sites (tertiary alicyclic amines) is 1. The molecular weight excluding hydrogens is 312 g/mol. The minimum Gasteiger partial charge on any atom is -0.338 e. The van der Waals surface area contributed by atoms with Crippen LogP contribution in [0.2, 0.25) is 0 Å². The summed E-state index contributed by atoms with van der Waals surface area (Å²) in [7, 11) is 0. The molecule has 2 aliphatic rings. The van der Waals surface area contributed by atoms with Crippen LogP contribution in [0.3, 0.4) is 0 Å². The summed E-state index contributed by atoms with van der Waals surface area (Å²) in [5.41, 5.74) is 2.72. The zero-order valence-corrected chi connectivity index (χ0v) is 14.7. The molecule has 0 aliphatic carbocycles. The molecule has 5 heteroatoms. The smallest absolute Gasteiger partial charge is 0.226 e. The van der Waals surface area contributed by atoms with Crippen molar-refractivity contribution in [3.63, 3.8) is 0 Å². The van der Waals surface area contributed by atoms with Gasteiger partial charge in [-0.05, 0) is 43.5 Å². The molecule has 0 N–H and O–H groups in total. The summed E-state index contributed by atoms with van der Waals surface area (Å²) < 4.78 is 2.11. The Kier molecular flexibility index (Phi) is 4.83. The number of carbonyl (C=O) groups excluding carboxylic acids is 1. The van der Waals surface area contributed by atoms with Gasteiger partial charge in [-0.3, -0.25) is 4.79 Å². The summed E-state index contributed by atoms with van der Waals surface area (Å²) >= 11 is 0. The maximum absolute atomic E-state index is 12.9. The van der Waals surface area contributed by atoms with Crippen molar-refractivity contribution in [1.29, 1.82) is 0 Å². The van der Waals surface area contributed by atoms with Gasteiger partial charge in [0, 0.05) is 44.5 Å². The predicted octanol–water partition coefficient (Wildman–Crippen LogP) is 2.18. The Balaban J connectivity index is 1.27. The molecule has 1 amide bonds. The van der Waals surface area contributed by atoms with Crippen LogP contribution in [0.4, 0.5) is 0 Å². The molecule has 1 fully saturated rings. The molecule has 0 spiro atoms. The molecule has 2 aliphatic heterocycles. The van der Waals surface area contributed by atoms with Crippen molar-refractivity contribution in [2.24, 2.45) is 5.92 Å². The van der Waals surface area contributed by atoms with Crippen LogP contribution >= 0.6 is 0 Å².